The number of para-hydroxylation sites is 1. The van der Waals surface area contributed by atoms with Gasteiger partial charge in [0.15, 0.2) is 0 Å². The molecule has 4 rings (SSSR count). The Hall–Kier alpha value is -2.63. The van der Waals surface area contributed by atoms with Crippen molar-refractivity contribution in [3.63, 3.8) is 0 Å². The third-order valence-corrected chi connectivity index (χ3v) is 5.36. The summed E-state index contributed by atoms with van der Waals surface area (Å²) >= 11 is 0. The predicted octanol–water partition coefficient (Wildman–Crippen LogP) is 3.42. The highest BCUT2D eigenvalue weighted by Crippen LogP contribution is 2.21. The van der Waals surface area contributed by atoms with Gasteiger partial charge in [-0.25, -0.2) is 0 Å². The molecule has 1 fully saturated rings. The van der Waals surface area contributed by atoms with Gasteiger partial charge in [0, 0.05) is 49.8 Å². The van der Waals surface area contributed by atoms with Crippen LogP contribution in [0.3, 0.4) is 0 Å². The summed E-state index contributed by atoms with van der Waals surface area (Å²) in [5.74, 6) is -0.0270. The third kappa shape index (κ3) is 4.11. The molecule has 2 aromatic carbocycles. The van der Waals surface area contributed by atoms with Crippen LogP contribution >= 0.6 is 0 Å². The molecule has 0 saturated carbocycles. The molecule has 5 nitrogen and oxygen atoms in total. The van der Waals surface area contributed by atoms with E-state index >= 15 is 0 Å². The summed E-state index contributed by atoms with van der Waals surface area (Å²) in [6.07, 6.45) is 1.95. The number of hydrogen-bond acceptors (Lipinski definition) is 3. The normalized spacial score (nSPS) is 15.0. The van der Waals surface area contributed by atoms with Gasteiger partial charge >= 0.3 is 0 Å². The lowest BCUT2D eigenvalue weighted by atomic mass is 10.1. The summed E-state index contributed by atoms with van der Waals surface area (Å²) in [4.78, 5) is 15.2. The van der Waals surface area contributed by atoms with Crippen LogP contribution in [0.2, 0.25) is 0 Å². The Morgan fingerprint density at radius 1 is 1.04 bits per heavy atom. The van der Waals surface area contributed by atoms with Gasteiger partial charge in [0.05, 0.1) is 18.8 Å². The van der Waals surface area contributed by atoms with Crippen LogP contribution in [0, 0.1) is 0 Å². The summed E-state index contributed by atoms with van der Waals surface area (Å²) in [7, 11) is 0. The Labute approximate surface area is 165 Å². The van der Waals surface area contributed by atoms with Crippen molar-refractivity contribution in [1.82, 2.24) is 14.8 Å². The molecule has 5 heteroatoms. The van der Waals surface area contributed by atoms with Crippen molar-refractivity contribution in [1.29, 1.82) is 0 Å². The van der Waals surface area contributed by atoms with E-state index in [1.54, 1.807) is 0 Å². The van der Waals surface area contributed by atoms with E-state index in [4.69, 9.17) is 4.74 Å². The highest BCUT2D eigenvalue weighted by Gasteiger charge is 2.14. The Morgan fingerprint density at radius 2 is 1.75 bits per heavy atom. The molecule has 0 bridgehead atoms. The number of carbonyl (C=O) groups excluding carboxylic acids is 1. The van der Waals surface area contributed by atoms with Crippen molar-refractivity contribution in [2.24, 2.45) is 0 Å². The van der Waals surface area contributed by atoms with Crippen molar-refractivity contribution in [3.05, 3.63) is 71.4 Å². The fourth-order valence-electron chi connectivity index (χ4n) is 3.75. The van der Waals surface area contributed by atoms with Crippen LogP contribution in [-0.2, 0) is 24.4 Å². The minimum atomic E-state index is -0.0270. The molecule has 3 aromatic rings. The molecule has 1 N–H and O–H groups in total. The largest absolute Gasteiger partial charge is 0.379 e. The highest BCUT2D eigenvalue weighted by atomic mass is 16.5. The number of carbonyl (C=O) groups is 1. The number of rotatable bonds is 6. The lowest BCUT2D eigenvalue weighted by molar-refractivity contribution is 0.0342. The quantitative estimate of drug-likeness (QED) is 0.716. The zero-order valence-corrected chi connectivity index (χ0v) is 16.4. The average molecular weight is 377 g/mol. The molecule has 1 aliphatic rings. The molecule has 0 spiro atoms. The van der Waals surface area contributed by atoms with Crippen LogP contribution in [-0.4, -0.2) is 41.7 Å². The molecule has 1 aromatic heterocycles. The van der Waals surface area contributed by atoms with E-state index in [-0.39, 0.29) is 5.91 Å². The first-order chi connectivity index (χ1) is 13.7. The third-order valence-electron chi connectivity index (χ3n) is 5.36. The number of amides is 1. The number of benzene rings is 2. The van der Waals surface area contributed by atoms with Gasteiger partial charge < -0.3 is 14.6 Å². The van der Waals surface area contributed by atoms with E-state index in [0.717, 1.165) is 61.4 Å². The number of nitrogens with one attached hydrogen (secondary N) is 1. The van der Waals surface area contributed by atoms with Gasteiger partial charge in [0.25, 0.3) is 5.91 Å². The number of fused-ring (bicyclic) bond motifs is 1. The maximum Gasteiger partial charge on any atom is 0.253 e. The summed E-state index contributed by atoms with van der Waals surface area (Å²) in [6.45, 7) is 8.03. The van der Waals surface area contributed by atoms with Gasteiger partial charge in [-0.05, 0) is 24.1 Å². The van der Waals surface area contributed by atoms with Crippen molar-refractivity contribution >= 4 is 16.8 Å². The summed E-state index contributed by atoms with van der Waals surface area (Å²) < 4.78 is 7.52. The van der Waals surface area contributed by atoms with Crippen LogP contribution in [0.5, 0.6) is 0 Å². The van der Waals surface area contributed by atoms with Crippen LogP contribution in [0.25, 0.3) is 10.9 Å². The molecule has 0 aliphatic carbocycles. The number of ether oxygens (including phenoxy) is 1. The van der Waals surface area contributed by atoms with E-state index in [1.165, 1.54) is 5.56 Å². The SMILES string of the molecule is CCn1cc(C(=O)NCc2ccc(CN3CCOCC3)cc2)c2ccccc21. The summed E-state index contributed by atoms with van der Waals surface area (Å²) in [5, 5.41) is 4.07. The first-order valence-corrected chi connectivity index (χ1v) is 9.98. The lowest BCUT2D eigenvalue weighted by Gasteiger charge is -2.26. The number of aromatic nitrogens is 1. The number of nitrogens with zero attached hydrogens (tertiary/aromatic N) is 2. The smallest absolute Gasteiger partial charge is 0.253 e. The van der Waals surface area contributed by atoms with E-state index < -0.39 is 0 Å². The van der Waals surface area contributed by atoms with Crippen LogP contribution in [0.4, 0.5) is 0 Å². The zero-order chi connectivity index (χ0) is 19.3. The second-order valence-corrected chi connectivity index (χ2v) is 7.23. The minimum absolute atomic E-state index is 0.0270. The molecule has 1 amide bonds. The first-order valence-electron chi connectivity index (χ1n) is 9.98. The van der Waals surface area contributed by atoms with E-state index in [1.807, 2.05) is 24.4 Å². The first kappa shape index (κ1) is 18.7. The van der Waals surface area contributed by atoms with Crippen molar-refractivity contribution in [2.45, 2.75) is 26.6 Å². The summed E-state index contributed by atoms with van der Waals surface area (Å²) in [6, 6.07) is 16.6. The Bertz CT molecular complexity index is 940. The number of aryl methyl sites for hydroxylation is 1. The van der Waals surface area contributed by atoms with Gasteiger partial charge in [0.2, 0.25) is 0 Å². The maximum atomic E-state index is 12.7. The Kier molecular flexibility index (Phi) is 5.74. The zero-order valence-electron chi connectivity index (χ0n) is 16.4. The van der Waals surface area contributed by atoms with Gasteiger partial charge in [0.1, 0.15) is 0 Å². The molecule has 0 atom stereocenters. The number of hydrogen-bond donors (Lipinski definition) is 1. The minimum Gasteiger partial charge on any atom is -0.379 e. The van der Waals surface area contributed by atoms with Crippen LogP contribution in [0.15, 0.2) is 54.7 Å². The van der Waals surface area contributed by atoms with E-state index in [0.29, 0.717) is 6.54 Å². The second kappa shape index (κ2) is 8.59. The van der Waals surface area contributed by atoms with Gasteiger partial charge in [-0.2, -0.15) is 0 Å². The van der Waals surface area contributed by atoms with E-state index in [9.17, 15) is 4.79 Å². The van der Waals surface area contributed by atoms with Gasteiger partial charge in [-0.15, -0.1) is 0 Å². The predicted molar refractivity (Wildman–Crippen MR) is 111 cm³/mol. The molecule has 2 heterocycles. The monoisotopic (exact) mass is 377 g/mol. The van der Waals surface area contributed by atoms with Gasteiger partial charge in [-0.1, -0.05) is 42.5 Å². The molecule has 146 valence electrons. The van der Waals surface area contributed by atoms with E-state index in [2.05, 4.69) is 52.0 Å². The van der Waals surface area contributed by atoms with Gasteiger partial charge in [-0.3, -0.25) is 9.69 Å². The van der Waals surface area contributed by atoms with Crippen molar-refractivity contribution in [2.75, 3.05) is 26.3 Å². The van der Waals surface area contributed by atoms with Crippen LogP contribution < -0.4 is 5.32 Å². The molecule has 1 saturated heterocycles. The topological polar surface area (TPSA) is 46.5 Å². The molecule has 28 heavy (non-hydrogen) atoms. The molecule has 0 unspecified atom stereocenters. The average Bonchev–Trinajstić information content (AvgIpc) is 3.13. The highest BCUT2D eigenvalue weighted by molar-refractivity contribution is 6.06. The van der Waals surface area contributed by atoms with Crippen LogP contribution in [0.1, 0.15) is 28.4 Å². The second-order valence-electron chi connectivity index (χ2n) is 7.23. The molecule has 1 aliphatic heterocycles. The standard InChI is InChI=1S/C23H27N3O2/c1-2-26-17-21(20-5-3-4-6-22(20)26)23(27)24-15-18-7-9-19(10-8-18)16-25-11-13-28-14-12-25/h3-10,17H,2,11-16H2,1H3,(H,24,27). The number of morpholine rings is 1. The van der Waals surface area contributed by atoms with Crippen molar-refractivity contribution in [3.8, 4) is 0 Å². The maximum absolute atomic E-state index is 12.7. The Balaban J connectivity index is 1.38. The molecular formula is C23H27N3O2. The van der Waals surface area contributed by atoms with Crippen molar-refractivity contribution < 1.29 is 9.53 Å². The summed E-state index contributed by atoms with van der Waals surface area (Å²) in [5.41, 5.74) is 4.24. The molecule has 0 radical (unpaired) electrons. The lowest BCUT2D eigenvalue weighted by Crippen LogP contribution is -2.35. The Morgan fingerprint density at radius 3 is 2.50 bits per heavy atom. The molecular weight excluding hydrogens is 350 g/mol. The fraction of sp³-hybridized carbons (Fsp3) is 0.348. The fourth-order valence-corrected chi connectivity index (χ4v) is 3.75.